The standard InChI is InChI=1S/C20H14N4O2S/c25-18-9-8-14(10-13(18)11-17-19(26)22-20(27)21-17)23-24-16-7-3-5-12-4-1-2-6-15(12)16/h1-11,25H,(H2,21,22,26,27)/b17-11-,24-23?. The van der Waals surface area contributed by atoms with Crippen molar-refractivity contribution in [3.63, 3.8) is 0 Å². The van der Waals surface area contributed by atoms with Gasteiger partial charge in [0.1, 0.15) is 11.4 Å². The number of phenols is 1. The number of carbonyl (C=O) groups excluding carboxylic acids is 1. The van der Waals surface area contributed by atoms with Crippen LogP contribution in [-0.4, -0.2) is 16.1 Å². The van der Waals surface area contributed by atoms with E-state index < -0.39 is 0 Å². The molecule has 3 N–H and O–H groups in total. The van der Waals surface area contributed by atoms with Crippen LogP contribution in [0.25, 0.3) is 16.8 Å². The molecular weight excluding hydrogens is 360 g/mol. The predicted octanol–water partition coefficient (Wildman–Crippen LogP) is 4.31. The molecule has 0 saturated carbocycles. The molecule has 27 heavy (non-hydrogen) atoms. The van der Waals surface area contributed by atoms with Crippen LogP contribution in [0.15, 0.2) is 76.6 Å². The minimum absolute atomic E-state index is 0.0269. The van der Waals surface area contributed by atoms with Crippen LogP contribution in [-0.2, 0) is 4.79 Å². The second-order valence-electron chi connectivity index (χ2n) is 5.91. The number of phenolic OH excluding ortho intramolecular Hbond substituents is 1. The summed E-state index contributed by atoms with van der Waals surface area (Å²) in [5.74, 6) is -0.318. The summed E-state index contributed by atoms with van der Waals surface area (Å²) in [4.78, 5) is 11.8. The third-order valence-corrected chi connectivity index (χ3v) is 4.27. The van der Waals surface area contributed by atoms with Gasteiger partial charge in [-0.3, -0.25) is 10.1 Å². The molecule has 7 heteroatoms. The maximum Gasteiger partial charge on any atom is 0.273 e. The van der Waals surface area contributed by atoms with Crippen molar-refractivity contribution in [3.8, 4) is 5.75 Å². The Kier molecular flexibility index (Phi) is 4.35. The smallest absolute Gasteiger partial charge is 0.273 e. The zero-order valence-corrected chi connectivity index (χ0v) is 14.8. The van der Waals surface area contributed by atoms with Crippen molar-refractivity contribution in [2.45, 2.75) is 0 Å². The van der Waals surface area contributed by atoms with Gasteiger partial charge in [-0.2, -0.15) is 5.11 Å². The number of hydrogen-bond acceptors (Lipinski definition) is 5. The van der Waals surface area contributed by atoms with E-state index in [1.165, 1.54) is 12.1 Å². The van der Waals surface area contributed by atoms with Crippen molar-refractivity contribution in [1.82, 2.24) is 10.6 Å². The minimum atomic E-state index is -0.345. The largest absolute Gasteiger partial charge is 0.507 e. The number of nitrogens with one attached hydrogen (secondary N) is 2. The van der Waals surface area contributed by atoms with E-state index in [4.69, 9.17) is 12.2 Å². The maximum absolute atomic E-state index is 11.8. The van der Waals surface area contributed by atoms with Gasteiger partial charge >= 0.3 is 0 Å². The summed E-state index contributed by atoms with van der Waals surface area (Å²) >= 11 is 4.90. The quantitative estimate of drug-likeness (QED) is 0.362. The lowest BCUT2D eigenvalue weighted by Gasteiger charge is -2.03. The van der Waals surface area contributed by atoms with E-state index in [0.717, 1.165) is 16.5 Å². The Morgan fingerprint density at radius 3 is 2.59 bits per heavy atom. The minimum Gasteiger partial charge on any atom is -0.507 e. The zero-order chi connectivity index (χ0) is 18.8. The van der Waals surface area contributed by atoms with Crippen LogP contribution in [0.3, 0.4) is 0 Å². The van der Waals surface area contributed by atoms with Gasteiger partial charge in [0.2, 0.25) is 0 Å². The molecule has 1 heterocycles. The van der Waals surface area contributed by atoms with Gasteiger partial charge in [0.15, 0.2) is 5.11 Å². The molecule has 3 aromatic rings. The Morgan fingerprint density at radius 2 is 1.78 bits per heavy atom. The molecule has 6 nitrogen and oxygen atoms in total. The average Bonchev–Trinajstić information content (AvgIpc) is 2.99. The first kappa shape index (κ1) is 16.9. The summed E-state index contributed by atoms with van der Waals surface area (Å²) in [6, 6.07) is 18.6. The van der Waals surface area contributed by atoms with E-state index in [9.17, 15) is 9.90 Å². The van der Waals surface area contributed by atoms with Gasteiger partial charge in [-0.1, -0.05) is 36.4 Å². The lowest BCUT2D eigenvalue weighted by molar-refractivity contribution is -0.115. The molecule has 0 radical (unpaired) electrons. The van der Waals surface area contributed by atoms with Crippen molar-refractivity contribution in [2.24, 2.45) is 10.2 Å². The van der Waals surface area contributed by atoms with Crippen LogP contribution in [0.2, 0.25) is 0 Å². The molecule has 0 bridgehead atoms. The van der Waals surface area contributed by atoms with Gasteiger partial charge < -0.3 is 10.4 Å². The Bertz CT molecular complexity index is 1130. The normalized spacial score (nSPS) is 15.5. The Hall–Kier alpha value is -3.58. The number of rotatable bonds is 3. The fourth-order valence-corrected chi connectivity index (χ4v) is 2.97. The lowest BCUT2D eigenvalue weighted by Crippen LogP contribution is -2.21. The van der Waals surface area contributed by atoms with E-state index in [1.54, 1.807) is 12.1 Å². The average molecular weight is 374 g/mol. The molecule has 1 fully saturated rings. The SMILES string of the molecule is O=C1NC(=S)N/C1=C\c1cc(N=Nc2cccc3ccccc23)ccc1O. The van der Waals surface area contributed by atoms with E-state index in [-0.39, 0.29) is 22.5 Å². The van der Waals surface area contributed by atoms with Crippen LogP contribution < -0.4 is 10.6 Å². The molecule has 0 spiro atoms. The summed E-state index contributed by atoms with van der Waals surface area (Å²) in [5, 5.41) is 26.2. The third-order valence-electron chi connectivity index (χ3n) is 4.07. The second kappa shape index (κ2) is 6.97. The molecular formula is C20H14N4O2S. The summed E-state index contributed by atoms with van der Waals surface area (Å²) in [6.45, 7) is 0. The van der Waals surface area contributed by atoms with Crippen LogP contribution in [0.5, 0.6) is 5.75 Å². The van der Waals surface area contributed by atoms with Crippen LogP contribution in [0.4, 0.5) is 11.4 Å². The monoisotopic (exact) mass is 374 g/mol. The van der Waals surface area contributed by atoms with Crippen molar-refractivity contribution >= 4 is 51.5 Å². The van der Waals surface area contributed by atoms with E-state index in [2.05, 4.69) is 20.9 Å². The van der Waals surface area contributed by atoms with Crippen molar-refractivity contribution in [3.05, 3.63) is 71.9 Å². The maximum atomic E-state index is 11.8. The van der Waals surface area contributed by atoms with Crippen LogP contribution in [0, 0.1) is 0 Å². The molecule has 1 saturated heterocycles. The number of azo groups is 1. The molecule has 4 rings (SSSR count). The first-order chi connectivity index (χ1) is 13.1. The number of nitrogens with zero attached hydrogens (tertiary/aromatic N) is 2. The molecule has 1 amide bonds. The molecule has 1 aliphatic rings. The van der Waals surface area contributed by atoms with E-state index in [0.29, 0.717) is 11.3 Å². The van der Waals surface area contributed by atoms with Gasteiger partial charge in [-0.25, -0.2) is 0 Å². The second-order valence-corrected chi connectivity index (χ2v) is 6.32. The highest BCUT2D eigenvalue weighted by Crippen LogP contribution is 2.30. The Labute approximate surface area is 160 Å². The third kappa shape index (κ3) is 3.54. The Balaban J connectivity index is 1.67. The highest BCUT2D eigenvalue weighted by atomic mass is 32.1. The summed E-state index contributed by atoms with van der Waals surface area (Å²) in [7, 11) is 0. The fraction of sp³-hybridized carbons (Fsp3) is 0. The van der Waals surface area contributed by atoms with Crippen molar-refractivity contribution < 1.29 is 9.90 Å². The van der Waals surface area contributed by atoms with Gasteiger partial charge in [0.05, 0.1) is 11.4 Å². The van der Waals surface area contributed by atoms with E-state index >= 15 is 0 Å². The lowest BCUT2D eigenvalue weighted by atomic mass is 10.1. The highest BCUT2D eigenvalue weighted by Gasteiger charge is 2.20. The number of hydrogen-bond donors (Lipinski definition) is 3. The van der Waals surface area contributed by atoms with Gasteiger partial charge in [0.25, 0.3) is 5.91 Å². The molecule has 0 aromatic heterocycles. The summed E-state index contributed by atoms with van der Waals surface area (Å²) < 4.78 is 0. The first-order valence-electron chi connectivity index (χ1n) is 8.17. The number of fused-ring (bicyclic) bond motifs is 1. The molecule has 1 aliphatic heterocycles. The number of amides is 1. The molecule has 0 unspecified atom stereocenters. The Morgan fingerprint density at radius 1 is 0.963 bits per heavy atom. The van der Waals surface area contributed by atoms with E-state index in [1.807, 2.05) is 42.5 Å². The summed E-state index contributed by atoms with van der Waals surface area (Å²) in [6.07, 6.45) is 1.51. The fourth-order valence-electron chi connectivity index (χ4n) is 2.76. The van der Waals surface area contributed by atoms with Gasteiger partial charge in [-0.05, 0) is 47.9 Å². The highest BCUT2D eigenvalue weighted by molar-refractivity contribution is 7.80. The number of benzene rings is 3. The van der Waals surface area contributed by atoms with Crippen molar-refractivity contribution in [1.29, 1.82) is 0 Å². The van der Waals surface area contributed by atoms with Gasteiger partial charge in [-0.15, -0.1) is 5.11 Å². The topological polar surface area (TPSA) is 86.1 Å². The van der Waals surface area contributed by atoms with Crippen molar-refractivity contribution in [2.75, 3.05) is 0 Å². The number of carbonyl (C=O) groups is 1. The molecule has 3 aromatic carbocycles. The van der Waals surface area contributed by atoms with Crippen LogP contribution >= 0.6 is 12.2 Å². The molecule has 0 aliphatic carbocycles. The van der Waals surface area contributed by atoms with Gasteiger partial charge in [0, 0.05) is 10.9 Å². The van der Waals surface area contributed by atoms with Crippen LogP contribution in [0.1, 0.15) is 5.56 Å². The predicted molar refractivity (Wildman–Crippen MR) is 108 cm³/mol. The molecule has 0 atom stereocenters. The first-order valence-corrected chi connectivity index (χ1v) is 8.57. The summed E-state index contributed by atoms with van der Waals surface area (Å²) in [5.41, 5.74) is 2.00. The number of thiocarbonyl (C=S) groups is 1. The number of aromatic hydroxyl groups is 1. The molecule has 132 valence electrons. The zero-order valence-electron chi connectivity index (χ0n) is 14.0.